The van der Waals surface area contributed by atoms with E-state index in [1.807, 2.05) is 6.92 Å². The zero-order chi connectivity index (χ0) is 24.9. The molecule has 2 unspecified atom stereocenters. The molecule has 0 aliphatic carbocycles. The van der Waals surface area contributed by atoms with Crippen LogP contribution >= 0.6 is 0 Å². The molecule has 3 aromatic heterocycles. The van der Waals surface area contributed by atoms with E-state index in [-0.39, 0.29) is 34.6 Å². The summed E-state index contributed by atoms with van der Waals surface area (Å²) >= 11 is 0. The van der Waals surface area contributed by atoms with Gasteiger partial charge in [0.05, 0.1) is 18.1 Å². The third-order valence-corrected chi connectivity index (χ3v) is 7.10. The van der Waals surface area contributed by atoms with Crippen molar-refractivity contribution in [3.05, 3.63) is 45.8 Å². The van der Waals surface area contributed by atoms with Crippen LogP contribution in [-0.2, 0) is 6.42 Å². The van der Waals surface area contributed by atoms with E-state index in [1.54, 1.807) is 24.2 Å². The molecular weight excluding hydrogens is 447 g/mol. The van der Waals surface area contributed by atoms with E-state index in [2.05, 4.69) is 22.0 Å². The summed E-state index contributed by atoms with van der Waals surface area (Å²) in [6, 6.07) is 1.31. The standard InChI is InChI=1S/C26H35FN6O2/c1-4-5-6-7-8-9-10-11-20-14-21(34)33-25(30-20)22(26(35)32-16-19(15-27)18(32)3)24(31-33)23-17(2)28-12-13-29-23/h12-14,18-19,31H,4-11,15-16H2,1-3H3. The van der Waals surface area contributed by atoms with E-state index in [0.717, 1.165) is 12.8 Å². The Balaban J connectivity index is 1.67. The third-order valence-electron chi connectivity index (χ3n) is 7.10. The smallest absolute Gasteiger partial charge is 0.272 e. The molecule has 3 aromatic rings. The number of aromatic amines is 1. The molecule has 1 aliphatic heterocycles. The SMILES string of the molecule is CCCCCCCCCc1cc(=O)n2[nH]c(-c3nccnc3C)c(C(=O)N3CC(CF)C3C)c2n1. The van der Waals surface area contributed by atoms with Crippen LogP contribution in [0.3, 0.4) is 0 Å². The molecule has 0 spiro atoms. The first-order valence-electron chi connectivity index (χ1n) is 12.8. The van der Waals surface area contributed by atoms with E-state index >= 15 is 0 Å². The Hall–Kier alpha value is -3.10. The van der Waals surface area contributed by atoms with Crippen molar-refractivity contribution < 1.29 is 9.18 Å². The summed E-state index contributed by atoms with van der Waals surface area (Å²) in [6.07, 6.45) is 12.0. The summed E-state index contributed by atoms with van der Waals surface area (Å²) in [5.74, 6) is -0.449. The van der Waals surface area contributed by atoms with E-state index in [9.17, 15) is 14.0 Å². The summed E-state index contributed by atoms with van der Waals surface area (Å²) in [6.45, 7) is 5.73. The van der Waals surface area contributed by atoms with Crippen molar-refractivity contribution in [2.75, 3.05) is 13.2 Å². The number of fused-ring (bicyclic) bond motifs is 1. The average molecular weight is 483 g/mol. The van der Waals surface area contributed by atoms with Crippen LogP contribution in [-0.4, -0.2) is 54.6 Å². The number of rotatable bonds is 11. The zero-order valence-corrected chi connectivity index (χ0v) is 20.9. The lowest BCUT2D eigenvalue weighted by Crippen LogP contribution is -2.58. The van der Waals surface area contributed by atoms with Crippen LogP contribution in [0.1, 0.15) is 80.5 Å². The van der Waals surface area contributed by atoms with Crippen LogP contribution in [0.25, 0.3) is 17.0 Å². The van der Waals surface area contributed by atoms with Gasteiger partial charge < -0.3 is 4.90 Å². The van der Waals surface area contributed by atoms with Crippen LogP contribution in [0.15, 0.2) is 23.3 Å². The van der Waals surface area contributed by atoms with Gasteiger partial charge in [-0.25, -0.2) is 9.50 Å². The van der Waals surface area contributed by atoms with Crippen molar-refractivity contribution in [1.29, 1.82) is 0 Å². The Labute approximate surface area is 205 Å². The number of carbonyl (C=O) groups excluding carboxylic acids is 1. The quantitative estimate of drug-likeness (QED) is 0.406. The van der Waals surface area contributed by atoms with Gasteiger partial charge in [0.2, 0.25) is 0 Å². The Bertz CT molecular complexity index is 1240. The molecule has 1 amide bonds. The molecular formula is C26H35FN6O2. The van der Waals surface area contributed by atoms with Crippen LogP contribution in [0.5, 0.6) is 0 Å². The van der Waals surface area contributed by atoms with Crippen LogP contribution < -0.4 is 5.56 Å². The second-order valence-corrected chi connectivity index (χ2v) is 9.58. The normalized spacial score (nSPS) is 17.7. The minimum Gasteiger partial charge on any atom is -0.335 e. The van der Waals surface area contributed by atoms with Gasteiger partial charge in [-0.3, -0.25) is 29.0 Å². The molecule has 0 aromatic carbocycles. The number of aromatic nitrogens is 5. The summed E-state index contributed by atoms with van der Waals surface area (Å²) in [5, 5.41) is 3.05. The number of unbranched alkanes of at least 4 members (excludes halogenated alkanes) is 6. The Morgan fingerprint density at radius 2 is 1.86 bits per heavy atom. The lowest BCUT2D eigenvalue weighted by atomic mass is 9.90. The minimum atomic E-state index is -0.463. The van der Waals surface area contributed by atoms with Crippen molar-refractivity contribution >= 4 is 11.6 Å². The predicted molar refractivity (Wildman–Crippen MR) is 133 cm³/mol. The van der Waals surface area contributed by atoms with E-state index in [4.69, 9.17) is 4.98 Å². The number of likely N-dealkylation sites (tertiary alicyclic amines) is 1. The Morgan fingerprint density at radius 1 is 1.14 bits per heavy atom. The Kier molecular flexibility index (Phi) is 7.93. The first kappa shape index (κ1) is 25.0. The maximum absolute atomic E-state index is 13.7. The van der Waals surface area contributed by atoms with Gasteiger partial charge in [0.25, 0.3) is 11.5 Å². The van der Waals surface area contributed by atoms with Crippen LogP contribution in [0.2, 0.25) is 0 Å². The molecule has 0 radical (unpaired) electrons. The van der Waals surface area contributed by atoms with Crippen molar-refractivity contribution in [3.8, 4) is 11.4 Å². The summed E-state index contributed by atoms with van der Waals surface area (Å²) in [7, 11) is 0. The number of aryl methyl sites for hydroxylation is 2. The monoisotopic (exact) mass is 482 g/mol. The zero-order valence-electron chi connectivity index (χ0n) is 20.9. The van der Waals surface area contributed by atoms with E-state index in [1.165, 1.54) is 42.7 Å². The number of nitrogens with one attached hydrogen (secondary N) is 1. The van der Waals surface area contributed by atoms with Gasteiger partial charge in [-0.2, -0.15) is 0 Å². The van der Waals surface area contributed by atoms with Gasteiger partial charge in [-0.15, -0.1) is 0 Å². The van der Waals surface area contributed by atoms with Gasteiger partial charge in [0.1, 0.15) is 11.3 Å². The minimum absolute atomic E-state index is 0.172. The highest BCUT2D eigenvalue weighted by Gasteiger charge is 2.41. The second-order valence-electron chi connectivity index (χ2n) is 9.58. The van der Waals surface area contributed by atoms with Crippen molar-refractivity contribution in [2.24, 2.45) is 5.92 Å². The number of carbonyl (C=O) groups is 1. The average Bonchev–Trinajstić information content (AvgIpc) is 3.23. The summed E-state index contributed by atoms with van der Waals surface area (Å²) in [5.41, 5.74) is 2.51. The molecule has 1 aliphatic rings. The van der Waals surface area contributed by atoms with Gasteiger partial charge in [0.15, 0.2) is 5.65 Å². The lowest BCUT2D eigenvalue weighted by molar-refractivity contribution is 0.0142. The third kappa shape index (κ3) is 5.13. The maximum Gasteiger partial charge on any atom is 0.272 e. The second kappa shape index (κ2) is 11.1. The highest BCUT2D eigenvalue weighted by Crippen LogP contribution is 2.32. The molecule has 4 heterocycles. The molecule has 0 bridgehead atoms. The molecule has 188 valence electrons. The first-order valence-corrected chi connectivity index (χ1v) is 12.8. The molecule has 2 atom stereocenters. The van der Waals surface area contributed by atoms with E-state index < -0.39 is 6.67 Å². The number of H-pyrrole nitrogens is 1. The molecule has 8 nitrogen and oxygen atoms in total. The van der Waals surface area contributed by atoms with Gasteiger partial charge in [-0.1, -0.05) is 45.4 Å². The number of hydrogen-bond acceptors (Lipinski definition) is 5. The predicted octanol–water partition coefficient (Wildman–Crippen LogP) is 4.51. The lowest BCUT2D eigenvalue weighted by Gasteiger charge is -2.45. The fraction of sp³-hybridized carbons (Fsp3) is 0.577. The maximum atomic E-state index is 13.7. The largest absolute Gasteiger partial charge is 0.335 e. The summed E-state index contributed by atoms with van der Waals surface area (Å²) in [4.78, 5) is 41.8. The van der Waals surface area contributed by atoms with Gasteiger partial charge in [0, 0.05) is 42.7 Å². The fourth-order valence-corrected chi connectivity index (χ4v) is 4.78. The topological polar surface area (TPSA) is 96.2 Å². The van der Waals surface area contributed by atoms with E-state index in [0.29, 0.717) is 35.7 Å². The number of halogens is 1. The fourth-order valence-electron chi connectivity index (χ4n) is 4.78. The summed E-state index contributed by atoms with van der Waals surface area (Å²) < 4.78 is 14.5. The molecule has 1 fully saturated rings. The number of amides is 1. The highest BCUT2D eigenvalue weighted by molar-refractivity contribution is 6.05. The van der Waals surface area contributed by atoms with Gasteiger partial charge in [-0.05, 0) is 26.7 Å². The van der Waals surface area contributed by atoms with Crippen molar-refractivity contribution in [3.63, 3.8) is 0 Å². The Morgan fingerprint density at radius 3 is 2.54 bits per heavy atom. The van der Waals surface area contributed by atoms with Gasteiger partial charge >= 0.3 is 0 Å². The van der Waals surface area contributed by atoms with Crippen LogP contribution in [0.4, 0.5) is 4.39 Å². The molecule has 0 saturated carbocycles. The molecule has 35 heavy (non-hydrogen) atoms. The number of alkyl halides is 1. The highest BCUT2D eigenvalue weighted by atomic mass is 19.1. The number of hydrogen-bond donors (Lipinski definition) is 1. The van der Waals surface area contributed by atoms with Crippen molar-refractivity contribution in [1.82, 2.24) is 29.5 Å². The van der Waals surface area contributed by atoms with Crippen LogP contribution in [0, 0.1) is 12.8 Å². The van der Waals surface area contributed by atoms with Crippen molar-refractivity contribution in [2.45, 2.75) is 78.2 Å². The number of nitrogens with zero attached hydrogens (tertiary/aromatic N) is 5. The first-order chi connectivity index (χ1) is 17.0. The molecule has 9 heteroatoms. The molecule has 4 rings (SSSR count). The molecule has 1 N–H and O–H groups in total. The molecule has 1 saturated heterocycles.